The molecule has 3 aromatic carbocycles. The van der Waals surface area contributed by atoms with Crippen molar-refractivity contribution in [2.75, 3.05) is 10.6 Å². The van der Waals surface area contributed by atoms with Crippen molar-refractivity contribution in [1.82, 2.24) is 9.97 Å². The highest BCUT2D eigenvalue weighted by molar-refractivity contribution is 6.31. The van der Waals surface area contributed by atoms with Gasteiger partial charge in [-0.3, -0.25) is 9.97 Å². The maximum absolute atomic E-state index is 13.2. The highest BCUT2D eigenvalue weighted by atomic mass is 35.5. The molecular formula is C21H14ClFN4O2. The van der Waals surface area contributed by atoms with Crippen LogP contribution in [0.5, 0.6) is 11.5 Å². The summed E-state index contributed by atoms with van der Waals surface area (Å²) in [7, 11) is 0. The van der Waals surface area contributed by atoms with Gasteiger partial charge in [-0.1, -0.05) is 17.7 Å². The van der Waals surface area contributed by atoms with Gasteiger partial charge >= 0.3 is 6.03 Å². The van der Waals surface area contributed by atoms with Gasteiger partial charge in [-0.15, -0.1) is 0 Å². The molecule has 0 aliphatic carbocycles. The molecule has 0 bridgehead atoms. The standard InChI is InChI=1S/C21H14ClFN4O2/c22-17-11-14(4-6-18(17)23)27-21(28)26-13-2-1-3-15(10-13)29-16-5-7-19-20(12-16)25-9-8-24-19/h1-12H,(H2,26,27,28). The maximum atomic E-state index is 13.2. The molecule has 29 heavy (non-hydrogen) atoms. The minimum Gasteiger partial charge on any atom is -0.457 e. The smallest absolute Gasteiger partial charge is 0.323 e. The third-order valence-electron chi connectivity index (χ3n) is 3.95. The number of rotatable bonds is 4. The normalized spacial score (nSPS) is 10.6. The molecule has 0 radical (unpaired) electrons. The highest BCUT2D eigenvalue weighted by Gasteiger charge is 2.07. The largest absolute Gasteiger partial charge is 0.457 e. The zero-order valence-electron chi connectivity index (χ0n) is 14.9. The molecule has 0 spiro atoms. The fourth-order valence-electron chi connectivity index (χ4n) is 2.65. The first-order valence-corrected chi connectivity index (χ1v) is 8.96. The Morgan fingerprint density at radius 2 is 1.59 bits per heavy atom. The number of hydrogen-bond acceptors (Lipinski definition) is 4. The van der Waals surface area contributed by atoms with Crippen LogP contribution in [0.25, 0.3) is 11.0 Å². The minimum absolute atomic E-state index is 0.0710. The van der Waals surface area contributed by atoms with Crippen molar-refractivity contribution in [3.63, 3.8) is 0 Å². The van der Waals surface area contributed by atoms with Gasteiger partial charge in [-0.25, -0.2) is 9.18 Å². The van der Waals surface area contributed by atoms with E-state index in [1.165, 1.54) is 18.2 Å². The number of carbonyl (C=O) groups is 1. The summed E-state index contributed by atoms with van der Waals surface area (Å²) in [6.45, 7) is 0. The van der Waals surface area contributed by atoms with E-state index in [0.29, 0.717) is 22.9 Å². The Kier molecular flexibility index (Phi) is 5.22. The summed E-state index contributed by atoms with van der Waals surface area (Å²) in [5.41, 5.74) is 2.39. The van der Waals surface area contributed by atoms with Crippen LogP contribution in [0.15, 0.2) is 73.1 Å². The van der Waals surface area contributed by atoms with Crippen LogP contribution in [0.4, 0.5) is 20.6 Å². The van der Waals surface area contributed by atoms with Crippen LogP contribution in [-0.2, 0) is 0 Å². The molecule has 2 N–H and O–H groups in total. The third kappa shape index (κ3) is 4.59. The Morgan fingerprint density at radius 3 is 2.38 bits per heavy atom. The van der Waals surface area contributed by atoms with Crippen molar-refractivity contribution in [2.24, 2.45) is 0 Å². The predicted octanol–water partition coefficient (Wildman–Crippen LogP) is 5.86. The number of nitrogens with one attached hydrogen (secondary N) is 2. The Morgan fingerprint density at radius 1 is 0.862 bits per heavy atom. The molecule has 0 unspecified atom stereocenters. The van der Waals surface area contributed by atoms with E-state index >= 15 is 0 Å². The second kappa shape index (κ2) is 8.12. The fourth-order valence-corrected chi connectivity index (χ4v) is 2.83. The molecule has 0 aliphatic heterocycles. The van der Waals surface area contributed by atoms with Crippen LogP contribution in [0.2, 0.25) is 5.02 Å². The Bertz CT molecular complexity index is 1200. The van der Waals surface area contributed by atoms with Crippen LogP contribution in [0.1, 0.15) is 0 Å². The van der Waals surface area contributed by atoms with Gasteiger partial charge < -0.3 is 15.4 Å². The molecule has 0 fully saturated rings. The number of ether oxygens (including phenoxy) is 1. The second-order valence-corrected chi connectivity index (χ2v) is 6.45. The lowest BCUT2D eigenvalue weighted by Gasteiger charge is -2.10. The van der Waals surface area contributed by atoms with Crippen LogP contribution in [0.3, 0.4) is 0 Å². The molecule has 4 aromatic rings. The van der Waals surface area contributed by atoms with Gasteiger partial charge in [-0.05, 0) is 42.5 Å². The average molecular weight is 409 g/mol. The first kappa shape index (κ1) is 18.6. The van der Waals surface area contributed by atoms with E-state index < -0.39 is 11.8 Å². The van der Waals surface area contributed by atoms with E-state index in [-0.39, 0.29) is 5.02 Å². The topological polar surface area (TPSA) is 76.1 Å². The monoisotopic (exact) mass is 408 g/mol. The Labute approximate surface area is 170 Å². The van der Waals surface area contributed by atoms with Crippen LogP contribution < -0.4 is 15.4 Å². The molecule has 1 heterocycles. The number of carbonyl (C=O) groups excluding carboxylic acids is 1. The fraction of sp³-hybridized carbons (Fsp3) is 0. The molecular weight excluding hydrogens is 395 g/mol. The van der Waals surface area contributed by atoms with Crippen molar-refractivity contribution >= 4 is 40.0 Å². The van der Waals surface area contributed by atoms with Crippen molar-refractivity contribution in [1.29, 1.82) is 0 Å². The van der Waals surface area contributed by atoms with Crippen LogP contribution in [0, 0.1) is 5.82 Å². The van der Waals surface area contributed by atoms with E-state index in [1.54, 1.807) is 48.8 Å². The maximum Gasteiger partial charge on any atom is 0.323 e. The van der Waals surface area contributed by atoms with Crippen molar-refractivity contribution in [3.05, 3.63) is 83.9 Å². The molecule has 0 aliphatic rings. The minimum atomic E-state index is -0.554. The van der Waals surface area contributed by atoms with Gasteiger partial charge in [0.2, 0.25) is 0 Å². The molecule has 1 aromatic heterocycles. The first-order valence-electron chi connectivity index (χ1n) is 8.58. The third-order valence-corrected chi connectivity index (χ3v) is 4.24. The van der Waals surface area contributed by atoms with Gasteiger partial charge in [-0.2, -0.15) is 0 Å². The molecule has 2 amide bonds. The van der Waals surface area contributed by atoms with Crippen LogP contribution in [-0.4, -0.2) is 16.0 Å². The lowest BCUT2D eigenvalue weighted by atomic mass is 10.2. The quantitative estimate of drug-likeness (QED) is 0.443. The number of nitrogens with zero attached hydrogens (tertiary/aromatic N) is 2. The van der Waals surface area contributed by atoms with Crippen molar-refractivity contribution in [3.8, 4) is 11.5 Å². The highest BCUT2D eigenvalue weighted by Crippen LogP contribution is 2.26. The van der Waals surface area contributed by atoms with E-state index in [1.807, 2.05) is 6.07 Å². The summed E-state index contributed by atoms with van der Waals surface area (Å²) >= 11 is 5.72. The molecule has 144 valence electrons. The van der Waals surface area contributed by atoms with E-state index in [2.05, 4.69) is 20.6 Å². The predicted molar refractivity (Wildman–Crippen MR) is 110 cm³/mol. The molecule has 6 nitrogen and oxygen atoms in total. The first-order chi connectivity index (χ1) is 14.1. The van der Waals surface area contributed by atoms with Gasteiger partial charge in [0.1, 0.15) is 17.3 Å². The van der Waals surface area contributed by atoms with Gasteiger partial charge in [0.15, 0.2) is 0 Å². The molecule has 8 heteroatoms. The number of urea groups is 1. The number of fused-ring (bicyclic) bond motifs is 1. The number of hydrogen-bond donors (Lipinski definition) is 2. The van der Waals surface area contributed by atoms with Crippen molar-refractivity contribution in [2.45, 2.75) is 0 Å². The number of aromatic nitrogens is 2. The molecule has 0 saturated heterocycles. The lowest BCUT2D eigenvalue weighted by molar-refractivity contribution is 0.262. The summed E-state index contributed by atoms with van der Waals surface area (Å²) in [4.78, 5) is 20.6. The average Bonchev–Trinajstić information content (AvgIpc) is 2.71. The molecule has 0 saturated carbocycles. The summed E-state index contributed by atoms with van der Waals surface area (Å²) in [5.74, 6) is 0.582. The summed E-state index contributed by atoms with van der Waals surface area (Å²) < 4.78 is 19.1. The Balaban J connectivity index is 1.44. The number of amides is 2. The number of benzene rings is 3. The van der Waals surface area contributed by atoms with E-state index in [0.717, 1.165) is 11.0 Å². The lowest BCUT2D eigenvalue weighted by Crippen LogP contribution is -2.19. The molecule has 0 atom stereocenters. The van der Waals surface area contributed by atoms with Gasteiger partial charge in [0.05, 0.1) is 16.1 Å². The van der Waals surface area contributed by atoms with E-state index in [9.17, 15) is 9.18 Å². The van der Waals surface area contributed by atoms with Crippen molar-refractivity contribution < 1.29 is 13.9 Å². The molecule has 4 rings (SSSR count). The number of anilines is 2. The summed E-state index contributed by atoms with van der Waals surface area (Å²) in [5, 5.41) is 5.21. The van der Waals surface area contributed by atoms with Gasteiger partial charge in [0, 0.05) is 35.9 Å². The Hall–Kier alpha value is -3.71. The zero-order valence-corrected chi connectivity index (χ0v) is 15.7. The summed E-state index contributed by atoms with van der Waals surface area (Å²) in [6, 6.07) is 15.8. The number of halogens is 2. The zero-order chi connectivity index (χ0) is 20.2. The SMILES string of the molecule is O=C(Nc1cccc(Oc2ccc3nccnc3c2)c1)Nc1ccc(F)c(Cl)c1. The van der Waals surface area contributed by atoms with E-state index in [4.69, 9.17) is 16.3 Å². The second-order valence-electron chi connectivity index (χ2n) is 6.04. The van der Waals surface area contributed by atoms with Gasteiger partial charge in [0.25, 0.3) is 0 Å². The van der Waals surface area contributed by atoms with Crippen LogP contribution >= 0.6 is 11.6 Å². The summed E-state index contributed by atoms with van der Waals surface area (Å²) in [6.07, 6.45) is 3.24.